The molecule has 0 aliphatic carbocycles. The molecule has 0 fully saturated rings. The Hall–Kier alpha value is -2.64. The molecule has 2 heterocycles. The molecular formula is C26H33N5OS. The van der Waals surface area contributed by atoms with Crippen LogP contribution in [0, 0.1) is 0 Å². The molecule has 0 radical (unpaired) electrons. The summed E-state index contributed by atoms with van der Waals surface area (Å²) in [6, 6.07) is 18.9. The van der Waals surface area contributed by atoms with Gasteiger partial charge in [0.05, 0.1) is 17.8 Å². The minimum atomic E-state index is -0.274. The average Bonchev–Trinajstić information content (AvgIpc) is 3.34. The zero-order valence-corrected chi connectivity index (χ0v) is 20.9. The van der Waals surface area contributed by atoms with Crippen LogP contribution in [0.25, 0.3) is 0 Å². The van der Waals surface area contributed by atoms with E-state index in [1.165, 1.54) is 22.9 Å². The number of carbonyl (C=O) groups is 1. The number of carbonyl (C=O) groups excluding carboxylic acids is 1. The largest absolute Gasteiger partial charge is 0.308 e. The highest BCUT2D eigenvalue weighted by Crippen LogP contribution is 2.35. The van der Waals surface area contributed by atoms with Crippen molar-refractivity contribution in [2.24, 2.45) is 0 Å². The van der Waals surface area contributed by atoms with Crippen molar-refractivity contribution >= 4 is 23.4 Å². The molecule has 3 atom stereocenters. The molecule has 6 nitrogen and oxygen atoms in total. The summed E-state index contributed by atoms with van der Waals surface area (Å²) in [4.78, 5) is 17.7. The minimum absolute atomic E-state index is 0.118. The Balaban J connectivity index is 1.62. The van der Waals surface area contributed by atoms with Crippen LogP contribution in [-0.2, 0) is 17.8 Å². The second-order valence-corrected chi connectivity index (χ2v) is 10.3. The summed E-state index contributed by atoms with van der Waals surface area (Å²) in [6.45, 7) is 6.94. The van der Waals surface area contributed by atoms with Gasteiger partial charge < -0.3 is 9.47 Å². The van der Waals surface area contributed by atoms with Crippen LogP contribution < -0.4 is 4.90 Å². The zero-order chi connectivity index (χ0) is 23.5. The van der Waals surface area contributed by atoms with E-state index < -0.39 is 0 Å². The van der Waals surface area contributed by atoms with Crippen molar-refractivity contribution in [3.05, 3.63) is 71.5 Å². The smallest absolute Gasteiger partial charge is 0.240 e. The number of anilines is 1. The van der Waals surface area contributed by atoms with Crippen molar-refractivity contribution < 1.29 is 4.79 Å². The highest BCUT2D eigenvalue weighted by molar-refractivity contribution is 8.00. The van der Waals surface area contributed by atoms with Crippen molar-refractivity contribution in [1.82, 2.24) is 19.7 Å². The van der Waals surface area contributed by atoms with Crippen molar-refractivity contribution in [1.29, 1.82) is 0 Å². The average molecular weight is 464 g/mol. The number of rotatable bonds is 8. The van der Waals surface area contributed by atoms with E-state index in [0.29, 0.717) is 6.54 Å². The second kappa shape index (κ2) is 10.1. The minimum Gasteiger partial charge on any atom is -0.308 e. The van der Waals surface area contributed by atoms with Crippen LogP contribution in [0.3, 0.4) is 0 Å². The molecule has 1 aliphatic heterocycles. The van der Waals surface area contributed by atoms with Gasteiger partial charge in [-0.25, -0.2) is 0 Å². The van der Waals surface area contributed by atoms with Gasteiger partial charge in [0.15, 0.2) is 11.0 Å². The van der Waals surface area contributed by atoms with Gasteiger partial charge in [-0.2, -0.15) is 0 Å². The first-order valence-electron chi connectivity index (χ1n) is 11.6. The third-order valence-corrected chi connectivity index (χ3v) is 7.38. The van der Waals surface area contributed by atoms with Crippen molar-refractivity contribution in [3.8, 4) is 0 Å². The maximum Gasteiger partial charge on any atom is 0.240 e. The molecule has 0 spiro atoms. The lowest BCUT2D eigenvalue weighted by Gasteiger charge is -2.26. The van der Waals surface area contributed by atoms with Crippen LogP contribution in [0.4, 0.5) is 5.69 Å². The fourth-order valence-corrected chi connectivity index (χ4v) is 5.54. The van der Waals surface area contributed by atoms with E-state index in [9.17, 15) is 4.79 Å². The maximum atomic E-state index is 13.5. The number of benzene rings is 2. The third-order valence-electron chi connectivity index (χ3n) is 6.31. The topological polar surface area (TPSA) is 54.3 Å². The Morgan fingerprint density at radius 1 is 1.12 bits per heavy atom. The van der Waals surface area contributed by atoms with Crippen LogP contribution >= 0.6 is 11.8 Å². The van der Waals surface area contributed by atoms with Crippen LogP contribution in [0.5, 0.6) is 0 Å². The predicted molar refractivity (Wildman–Crippen MR) is 135 cm³/mol. The highest BCUT2D eigenvalue weighted by atomic mass is 32.2. The van der Waals surface area contributed by atoms with E-state index in [1.54, 1.807) is 0 Å². The first kappa shape index (κ1) is 23.5. The third kappa shape index (κ3) is 4.84. The lowest BCUT2D eigenvalue weighted by molar-refractivity contribution is -0.118. The fourth-order valence-electron chi connectivity index (χ4n) is 4.63. The van der Waals surface area contributed by atoms with Gasteiger partial charge in [-0.3, -0.25) is 9.69 Å². The molecule has 0 saturated carbocycles. The maximum absolute atomic E-state index is 13.5. The second-order valence-electron chi connectivity index (χ2n) is 8.95. The number of thioether (sulfide) groups is 1. The molecule has 0 N–H and O–H groups in total. The Morgan fingerprint density at radius 3 is 2.52 bits per heavy atom. The summed E-state index contributed by atoms with van der Waals surface area (Å²) < 4.78 is 2.18. The molecule has 3 aromatic rings. The molecule has 0 unspecified atom stereocenters. The lowest BCUT2D eigenvalue weighted by atomic mass is 10.1. The number of para-hydroxylation sites is 1. The molecular weight excluding hydrogens is 430 g/mol. The highest BCUT2D eigenvalue weighted by Gasteiger charge is 2.34. The van der Waals surface area contributed by atoms with Gasteiger partial charge >= 0.3 is 0 Å². The summed E-state index contributed by atoms with van der Waals surface area (Å²) in [6.07, 6.45) is 1.83. The normalized spacial score (nSPS) is 17.3. The quantitative estimate of drug-likeness (QED) is 0.449. The molecule has 0 bridgehead atoms. The summed E-state index contributed by atoms with van der Waals surface area (Å²) >= 11 is 1.50. The summed E-state index contributed by atoms with van der Waals surface area (Å²) in [7, 11) is 4.14. The first-order chi connectivity index (χ1) is 15.9. The standard InChI is InChI=1S/C26H33N5OS/c1-6-22(29(4)5)24-27-28-26(30(24)17-20-12-8-7-9-13-20)33-19(3)25(32)31-18(2)16-21-14-10-11-15-23(21)31/h7-15,18-19,22H,6,16-17H2,1-5H3/t18-,19-,22-/m1/s1. The Morgan fingerprint density at radius 2 is 1.82 bits per heavy atom. The van der Waals surface area contributed by atoms with E-state index in [0.717, 1.165) is 29.5 Å². The SMILES string of the molecule is CC[C@H](c1nnc(S[C@H](C)C(=O)N2c3ccccc3C[C@H]2C)n1Cc1ccccc1)N(C)C. The summed E-state index contributed by atoms with van der Waals surface area (Å²) in [5, 5.41) is 9.66. The van der Waals surface area contributed by atoms with Gasteiger partial charge in [0.1, 0.15) is 0 Å². The van der Waals surface area contributed by atoms with Crippen LogP contribution in [-0.4, -0.2) is 51.0 Å². The van der Waals surface area contributed by atoms with Crippen LogP contribution in [0.1, 0.15) is 50.2 Å². The number of aromatic nitrogens is 3. The van der Waals surface area contributed by atoms with E-state index in [4.69, 9.17) is 0 Å². The first-order valence-corrected chi connectivity index (χ1v) is 12.5. The molecule has 7 heteroatoms. The van der Waals surface area contributed by atoms with Gasteiger partial charge in [0, 0.05) is 11.7 Å². The molecule has 1 aromatic heterocycles. The monoisotopic (exact) mass is 463 g/mol. The molecule has 1 aliphatic rings. The number of hydrogen-bond acceptors (Lipinski definition) is 5. The molecule has 33 heavy (non-hydrogen) atoms. The lowest BCUT2D eigenvalue weighted by Crippen LogP contribution is -2.40. The number of amides is 1. The zero-order valence-electron chi connectivity index (χ0n) is 20.1. The van der Waals surface area contributed by atoms with E-state index in [1.807, 2.05) is 48.2 Å². The van der Waals surface area contributed by atoms with Crippen molar-refractivity contribution in [3.63, 3.8) is 0 Å². The number of nitrogens with zero attached hydrogens (tertiary/aromatic N) is 5. The number of fused-ring (bicyclic) bond motifs is 1. The number of hydrogen-bond donors (Lipinski definition) is 0. The van der Waals surface area contributed by atoms with Crippen LogP contribution in [0.2, 0.25) is 0 Å². The molecule has 1 amide bonds. The van der Waals surface area contributed by atoms with Gasteiger partial charge in [0.2, 0.25) is 5.91 Å². The van der Waals surface area contributed by atoms with Gasteiger partial charge in [-0.05, 0) is 58.0 Å². The van der Waals surface area contributed by atoms with E-state index in [-0.39, 0.29) is 23.2 Å². The van der Waals surface area contributed by atoms with Gasteiger partial charge in [-0.1, -0.05) is 67.2 Å². The Bertz CT molecular complexity index is 1100. The Kier molecular flexibility index (Phi) is 7.20. The van der Waals surface area contributed by atoms with E-state index >= 15 is 0 Å². The Labute approximate surface area is 201 Å². The van der Waals surface area contributed by atoms with Crippen LogP contribution in [0.15, 0.2) is 59.8 Å². The van der Waals surface area contributed by atoms with Gasteiger partial charge in [0.25, 0.3) is 0 Å². The van der Waals surface area contributed by atoms with Crippen molar-refractivity contribution in [2.45, 2.75) is 62.6 Å². The predicted octanol–water partition coefficient (Wildman–Crippen LogP) is 4.80. The van der Waals surface area contributed by atoms with E-state index in [2.05, 4.69) is 65.8 Å². The summed E-state index contributed by atoms with van der Waals surface area (Å²) in [5.74, 6) is 1.06. The fraction of sp³-hybridized carbons (Fsp3) is 0.423. The molecule has 2 aromatic carbocycles. The molecule has 0 saturated heterocycles. The molecule has 174 valence electrons. The molecule has 4 rings (SSSR count). The van der Waals surface area contributed by atoms with Gasteiger partial charge in [-0.15, -0.1) is 10.2 Å². The summed E-state index contributed by atoms with van der Waals surface area (Å²) in [5.41, 5.74) is 3.46. The van der Waals surface area contributed by atoms with Crippen molar-refractivity contribution in [2.75, 3.05) is 19.0 Å².